The van der Waals surface area contributed by atoms with Crippen molar-refractivity contribution < 1.29 is 4.79 Å². The average molecular weight is 203 g/mol. The van der Waals surface area contributed by atoms with Crippen LogP contribution in [0.1, 0.15) is 31.7 Å². The maximum absolute atomic E-state index is 11.7. The van der Waals surface area contributed by atoms with Gasteiger partial charge in [-0.15, -0.1) is 0 Å². The largest absolute Gasteiger partial charge is 0.384 e. The fraction of sp³-hybridized carbons (Fsp3) is 0.462. The molecule has 1 N–H and O–H groups in total. The number of benzene rings is 1. The zero-order valence-corrected chi connectivity index (χ0v) is 9.29. The van der Waals surface area contributed by atoms with Gasteiger partial charge < -0.3 is 5.32 Å². The van der Waals surface area contributed by atoms with E-state index in [2.05, 4.69) is 17.4 Å². The number of anilines is 1. The number of carbonyl (C=O) groups is 1. The lowest BCUT2D eigenvalue weighted by molar-refractivity contribution is -0.122. The van der Waals surface area contributed by atoms with Crippen LogP contribution in [0.2, 0.25) is 0 Å². The van der Waals surface area contributed by atoms with Crippen molar-refractivity contribution in [3.63, 3.8) is 0 Å². The lowest BCUT2D eigenvalue weighted by Crippen LogP contribution is -2.13. The van der Waals surface area contributed by atoms with Gasteiger partial charge in [0, 0.05) is 30.5 Å². The highest BCUT2D eigenvalue weighted by atomic mass is 16.1. The van der Waals surface area contributed by atoms with Gasteiger partial charge in [0.05, 0.1) is 0 Å². The van der Waals surface area contributed by atoms with Gasteiger partial charge in [-0.1, -0.05) is 32.0 Å². The highest BCUT2D eigenvalue weighted by Crippen LogP contribution is 2.33. The van der Waals surface area contributed by atoms with Crippen LogP contribution in [0.15, 0.2) is 24.3 Å². The third-order valence-electron chi connectivity index (χ3n) is 3.03. The number of hydrogen-bond acceptors (Lipinski definition) is 2. The van der Waals surface area contributed by atoms with E-state index in [-0.39, 0.29) is 5.92 Å². The molecule has 1 aliphatic heterocycles. The molecular formula is C13H17NO. The van der Waals surface area contributed by atoms with Crippen LogP contribution in [-0.2, 0) is 4.79 Å². The van der Waals surface area contributed by atoms with Crippen molar-refractivity contribution in [3.8, 4) is 0 Å². The molecule has 15 heavy (non-hydrogen) atoms. The number of Topliss-reactive ketones (excluding diaryl/α,β-unsaturated/α-hetero) is 1. The van der Waals surface area contributed by atoms with E-state index in [1.54, 1.807) is 0 Å². The third-order valence-corrected chi connectivity index (χ3v) is 3.03. The molecule has 0 amide bonds. The van der Waals surface area contributed by atoms with E-state index >= 15 is 0 Å². The summed E-state index contributed by atoms with van der Waals surface area (Å²) in [5, 5.41) is 3.34. The van der Waals surface area contributed by atoms with Gasteiger partial charge in [-0.2, -0.15) is 0 Å². The zero-order chi connectivity index (χ0) is 10.8. The molecular weight excluding hydrogens is 186 g/mol. The molecule has 80 valence electrons. The number of hydrogen-bond donors (Lipinski definition) is 1. The van der Waals surface area contributed by atoms with Crippen LogP contribution in [-0.4, -0.2) is 12.3 Å². The van der Waals surface area contributed by atoms with Crippen LogP contribution in [0.5, 0.6) is 0 Å². The Bertz CT molecular complexity index is 371. The summed E-state index contributed by atoms with van der Waals surface area (Å²) < 4.78 is 0. The molecule has 2 nitrogen and oxygen atoms in total. The van der Waals surface area contributed by atoms with E-state index in [9.17, 15) is 4.79 Å². The van der Waals surface area contributed by atoms with Crippen molar-refractivity contribution in [2.75, 3.05) is 11.9 Å². The molecule has 2 heteroatoms. The molecule has 0 aromatic heterocycles. The number of carbonyl (C=O) groups excluding carboxylic acids is 1. The lowest BCUT2D eigenvalue weighted by Gasteiger charge is -2.10. The van der Waals surface area contributed by atoms with Crippen LogP contribution < -0.4 is 5.32 Å². The first-order valence-corrected chi connectivity index (χ1v) is 5.54. The number of rotatable bonds is 3. The Balaban J connectivity index is 2.11. The molecule has 0 saturated carbocycles. The first kappa shape index (κ1) is 10.2. The molecule has 0 spiro atoms. The highest BCUT2D eigenvalue weighted by Gasteiger charge is 2.24. The van der Waals surface area contributed by atoms with Gasteiger partial charge in [-0.25, -0.2) is 0 Å². The van der Waals surface area contributed by atoms with Gasteiger partial charge >= 0.3 is 0 Å². The van der Waals surface area contributed by atoms with Crippen LogP contribution in [0.4, 0.5) is 5.69 Å². The minimum Gasteiger partial charge on any atom is -0.384 e. The van der Waals surface area contributed by atoms with Crippen molar-refractivity contribution in [1.29, 1.82) is 0 Å². The molecule has 0 aliphatic carbocycles. The maximum Gasteiger partial charge on any atom is 0.136 e. The second-order valence-electron chi connectivity index (χ2n) is 4.49. The van der Waals surface area contributed by atoms with Crippen molar-refractivity contribution in [1.82, 2.24) is 0 Å². The van der Waals surface area contributed by atoms with Crippen LogP contribution >= 0.6 is 0 Å². The Kier molecular flexibility index (Phi) is 2.76. The van der Waals surface area contributed by atoms with Crippen LogP contribution in [0.25, 0.3) is 0 Å². The SMILES string of the molecule is CC(C)C(=O)CC1CNc2ccccc21. The fourth-order valence-corrected chi connectivity index (χ4v) is 2.02. The summed E-state index contributed by atoms with van der Waals surface area (Å²) in [7, 11) is 0. The molecule has 1 unspecified atom stereocenters. The Morgan fingerprint density at radius 1 is 1.47 bits per heavy atom. The summed E-state index contributed by atoms with van der Waals surface area (Å²) in [6.45, 7) is 4.84. The summed E-state index contributed by atoms with van der Waals surface area (Å²) in [5.74, 6) is 0.882. The first-order valence-electron chi connectivity index (χ1n) is 5.54. The second-order valence-corrected chi connectivity index (χ2v) is 4.49. The molecule has 2 rings (SSSR count). The fourth-order valence-electron chi connectivity index (χ4n) is 2.02. The van der Waals surface area contributed by atoms with E-state index in [1.165, 1.54) is 11.3 Å². The van der Waals surface area contributed by atoms with Gasteiger partial charge in [0.25, 0.3) is 0 Å². The van der Waals surface area contributed by atoms with Crippen LogP contribution in [0.3, 0.4) is 0 Å². The van der Waals surface area contributed by atoms with Gasteiger partial charge in [0.1, 0.15) is 5.78 Å². The summed E-state index contributed by atoms with van der Waals surface area (Å²) in [6, 6.07) is 8.26. The standard InChI is InChI=1S/C13H17NO/c1-9(2)13(15)7-10-8-14-12-6-4-3-5-11(10)12/h3-6,9-10,14H,7-8H2,1-2H3. The minimum atomic E-state index is 0.151. The van der Waals surface area contributed by atoms with E-state index in [0.29, 0.717) is 18.1 Å². The summed E-state index contributed by atoms with van der Waals surface area (Å²) in [5.41, 5.74) is 2.49. The minimum absolute atomic E-state index is 0.151. The van der Waals surface area contributed by atoms with E-state index in [0.717, 1.165) is 6.54 Å². The number of para-hydroxylation sites is 1. The molecule has 0 bridgehead atoms. The van der Waals surface area contributed by atoms with Gasteiger partial charge in [-0.3, -0.25) is 4.79 Å². The van der Waals surface area contributed by atoms with Gasteiger partial charge in [-0.05, 0) is 11.6 Å². The van der Waals surface area contributed by atoms with Crippen molar-refractivity contribution in [2.24, 2.45) is 5.92 Å². The number of nitrogens with one attached hydrogen (secondary N) is 1. The summed E-state index contributed by atoms with van der Waals surface area (Å²) in [4.78, 5) is 11.7. The van der Waals surface area contributed by atoms with E-state index in [1.807, 2.05) is 26.0 Å². The maximum atomic E-state index is 11.7. The average Bonchev–Trinajstić information content (AvgIpc) is 2.62. The molecule has 1 aromatic rings. The van der Waals surface area contributed by atoms with Crippen molar-refractivity contribution >= 4 is 11.5 Å². The molecule has 1 aromatic carbocycles. The van der Waals surface area contributed by atoms with E-state index < -0.39 is 0 Å². The van der Waals surface area contributed by atoms with Gasteiger partial charge in [0.15, 0.2) is 0 Å². The normalized spacial score (nSPS) is 18.7. The predicted octanol–water partition coefficient (Wildman–Crippen LogP) is 2.81. The lowest BCUT2D eigenvalue weighted by atomic mass is 9.92. The van der Waals surface area contributed by atoms with Gasteiger partial charge in [0.2, 0.25) is 0 Å². The molecule has 1 aliphatic rings. The molecule has 0 fully saturated rings. The quantitative estimate of drug-likeness (QED) is 0.818. The third kappa shape index (κ3) is 2.04. The Morgan fingerprint density at radius 2 is 2.20 bits per heavy atom. The van der Waals surface area contributed by atoms with Crippen molar-refractivity contribution in [2.45, 2.75) is 26.2 Å². The topological polar surface area (TPSA) is 29.1 Å². The van der Waals surface area contributed by atoms with E-state index in [4.69, 9.17) is 0 Å². The van der Waals surface area contributed by atoms with Crippen molar-refractivity contribution in [3.05, 3.63) is 29.8 Å². The number of ketones is 1. The Hall–Kier alpha value is -1.31. The number of fused-ring (bicyclic) bond motifs is 1. The first-order chi connectivity index (χ1) is 7.18. The summed E-state index contributed by atoms with van der Waals surface area (Å²) in [6.07, 6.45) is 0.668. The molecule has 1 heterocycles. The molecule has 0 saturated heterocycles. The zero-order valence-electron chi connectivity index (χ0n) is 9.29. The smallest absolute Gasteiger partial charge is 0.136 e. The second kappa shape index (κ2) is 4.05. The molecule has 1 atom stereocenters. The molecule has 0 radical (unpaired) electrons. The van der Waals surface area contributed by atoms with Crippen LogP contribution in [0, 0.1) is 5.92 Å². The summed E-state index contributed by atoms with van der Waals surface area (Å²) >= 11 is 0. The predicted molar refractivity (Wildman–Crippen MR) is 62.1 cm³/mol. The monoisotopic (exact) mass is 203 g/mol. The Morgan fingerprint density at radius 3 is 2.93 bits per heavy atom. The Labute approximate surface area is 90.7 Å². The highest BCUT2D eigenvalue weighted by molar-refractivity contribution is 5.82.